The third kappa shape index (κ3) is 3.55. The zero-order valence-corrected chi connectivity index (χ0v) is 12.4. The number of nitrogens with one attached hydrogen (secondary N) is 1. The first kappa shape index (κ1) is 13.5. The van der Waals surface area contributed by atoms with Gasteiger partial charge in [-0.1, -0.05) is 33.6 Å². The summed E-state index contributed by atoms with van der Waals surface area (Å²) in [5.41, 5.74) is 3.57. The summed E-state index contributed by atoms with van der Waals surface area (Å²) in [6.45, 7) is 3.64. The monoisotopic (exact) mass is 324 g/mol. The zero-order valence-electron chi connectivity index (χ0n) is 10.1. The summed E-state index contributed by atoms with van der Waals surface area (Å²) in [6, 6.07) is 7.97. The summed E-state index contributed by atoms with van der Waals surface area (Å²) in [6.07, 6.45) is 3.69. The number of hydrogen-bond acceptors (Lipinski definition) is 2. The first-order valence-corrected chi connectivity index (χ1v) is 6.88. The third-order valence-electron chi connectivity index (χ3n) is 2.78. The highest BCUT2D eigenvalue weighted by molar-refractivity contribution is 9.10. The average Bonchev–Trinajstić information content (AvgIpc) is 2.34. The van der Waals surface area contributed by atoms with Crippen molar-refractivity contribution in [2.45, 2.75) is 20.0 Å². The van der Waals surface area contributed by atoms with Gasteiger partial charge >= 0.3 is 0 Å². The minimum absolute atomic E-state index is 0.758. The number of halogens is 2. The lowest BCUT2D eigenvalue weighted by atomic mass is 10.1. The van der Waals surface area contributed by atoms with Crippen molar-refractivity contribution in [1.82, 2.24) is 10.3 Å². The maximum atomic E-state index is 6.16. The van der Waals surface area contributed by atoms with Crippen LogP contribution in [0.4, 0.5) is 0 Å². The molecule has 0 radical (unpaired) electrons. The predicted octanol–water partition coefficient (Wildman–Crippen LogP) is 4.10. The van der Waals surface area contributed by atoms with Gasteiger partial charge in [-0.2, -0.15) is 0 Å². The van der Waals surface area contributed by atoms with Crippen molar-refractivity contribution in [3.05, 3.63) is 62.8 Å². The average molecular weight is 326 g/mol. The smallest absolute Gasteiger partial charge is 0.0462 e. The van der Waals surface area contributed by atoms with E-state index in [9.17, 15) is 0 Å². The van der Waals surface area contributed by atoms with Gasteiger partial charge in [-0.15, -0.1) is 0 Å². The predicted molar refractivity (Wildman–Crippen MR) is 78.7 cm³/mol. The highest BCUT2D eigenvalue weighted by atomic mass is 79.9. The van der Waals surface area contributed by atoms with Crippen molar-refractivity contribution in [1.29, 1.82) is 0 Å². The largest absolute Gasteiger partial charge is 0.309 e. The molecular formula is C14H14BrClN2. The molecule has 1 aromatic heterocycles. The maximum absolute atomic E-state index is 6.16. The van der Waals surface area contributed by atoms with Gasteiger partial charge in [-0.05, 0) is 41.8 Å². The number of hydrogen-bond donors (Lipinski definition) is 1. The van der Waals surface area contributed by atoms with E-state index in [1.807, 2.05) is 36.7 Å². The number of pyridine rings is 1. The molecule has 1 N–H and O–H groups in total. The molecule has 0 aliphatic heterocycles. The molecule has 18 heavy (non-hydrogen) atoms. The Hall–Kier alpha value is -0.900. The molecule has 94 valence electrons. The second-order valence-electron chi connectivity index (χ2n) is 4.14. The van der Waals surface area contributed by atoms with Crippen molar-refractivity contribution in [2.75, 3.05) is 0 Å². The van der Waals surface area contributed by atoms with Crippen molar-refractivity contribution in [3.63, 3.8) is 0 Å². The summed E-state index contributed by atoms with van der Waals surface area (Å²) in [7, 11) is 0. The van der Waals surface area contributed by atoms with E-state index in [2.05, 4.69) is 33.2 Å². The number of rotatable bonds is 4. The Bertz CT molecular complexity index is 543. The van der Waals surface area contributed by atoms with Gasteiger partial charge in [0.05, 0.1) is 0 Å². The van der Waals surface area contributed by atoms with Crippen LogP contribution in [0.2, 0.25) is 5.02 Å². The van der Waals surface area contributed by atoms with Gasteiger partial charge in [-0.25, -0.2) is 0 Å². The minimum atomic E-state index is 0.758. The molecule has 0 saturated carbocycles. The second-order valence-corrected chi connectivity index (χ2v) is 5.46. The van der Waals surface area contributed by atoms with Gasteiger partial charge in [0.25, 0.3) is 0 Å². The first-order chi connectivity index (χ1) is 8.66. The summed E-state index contributed by atoms with van der Waals surface area (Å²) in [4.78, 5) is 4.08. The van der Waals surface area contributed by atoms with Crippen LogP contribution in [0.25, 0.3) is 0 Å². The molecule has 4 heteroatoms. The van der Waals surface area contributed by atoms with Crippen LogP contribution < -0.4 is 5.32 Å². The lowest BCUT2D eigenvalue weighted by Crippen LogP contribution is -2.13. The molecule has 0 aliphatic rings. The van der Waals surface area contributed by atoms with Crippen LogP contribution in [0.1, 0.15) is 16.7 Å². The van der Waals surface area contributed by atoms with E-state index in [0.717, 1.165) is 28.1 Å². The Kier molecular flexibility index (Phi) is 4.75. The summed E-state index contributed by atoms with van der Waals surface area (Å²) in [5, 5.41) is 4.17. The Morgan fingerprint density at radius 3 is 2.72 bits per heavy atom. The molecule has 0 aliphatic carbocycles. The molecule has 0 atom stereocenters. The highest BCUT2D eigenvalue weighted by Gasteiger charge is 2.02. The summed E-state index contributed by atoms with van der Waals surface area (Å²) in [5.74, 6) is 0. The van der Waals surface area contributed by atoms with Gasteiger partial charge in [0.1, 0.15) is 0 Å². The fourth-order valence-corrected chi connectivity index (χ4v) is 2.44. The number of aryl methyl sites for hydroxylation is 1. The zero-order chi connectivity index (χ0) is 13.0. The van der Waals surface area contributed by atoms with Crippen LogP contribution in [-0.2, 0) is 13.1 Å². The third-order valence-corrected chi connectivity index (χ3v) is 3.63. The Morgan fingerprint density at radius 1 is 1.22 bits per heavy atom. The molecule has 0 fully saturated rings. The van der Waals surface area contributed by atoms with Crippen LogP contribution in [0.15, 0.2) is 41.1 Å². The molecule has 2 rings (SSSR count). The summed E-state index contributed by atoms with van der Waals surface area (Å²) >= 11 is 9.56. The fraction of sp³-hybridized carbons (Fsp3) is 0.214. The Morgan fingerprint density at radius 2 is 2.00 bits per heavy atom. The van der Waals surface area contributed by atoms with Gasteiger partial charge < -0.3 is 5.32 Å². The Balaban J connectivity index is 1.95. The second kappa shape index (κ2) is 6.32. The van der Waals surface area contributed by atoms with E-state index in [-0.39, 0.29) is 0 Å². The topological polar surface area (TPSA) is 24.9 Å². The summed E-state index contributed by atoms with van der Waals surface area (Å²) < 4.78 is 1.00. The minimum Gasteiger partial charge on any atom is -0.309 e. The van der Waals surface area contributed by atoms with E-state index < -0.39 is 0 Å². The van der Waals surface area contributed by atoms with Gasteiger partial charge in [0.2, 0.25) is 0 Å². The lowest BCUT2D eigenvalue weighted by Gasteiger charge is -2.08. The van der Waals surface area contributed by atoms with E-state index in [0.29, 0.717) is 0 Å². The van der Waals surface area contributed by atoms with Crippen LogP contribution >= 0.6 is 27.5 Å². The van der Waals surface area contributed by atoms with Crippen molar-refractivity contribution in [2.24, 2.45) is 0 Å². The SMILES string of the molecule is Cc1cnccc1CNCc1ccc(Br)cc1Cl. The molecule has 2 aromatic rings. The van der Waals surface area contributed by atoms with Crippen molar-refractivity contribution < 1.29 is 0 Å². The molecule has 0 spiro atoms. The molecule has 1 aromatic carbocycles. The van der Waals surface area contributed by atoms with Crippen LogP contribution in [0.3, 0.4) is 0 Å². The van der Waals surface area contributed by atoms with E-state index >= 15 is 0 Å². The van der Waals surface area contributed by atoms with Gasteiger partial charge in [0, 0.05) is 35.0 Å². The van der Waals surface area contributed by atoms with Crippen molar-refractivity contribution in [3.8, 4) is 0 Å². The van der Waals surface area contributed by atoms with Crippen LogP contribution in [0.5, 0.6) is 0 Å². The molecule has 1 heterocycles. The molecule has 2 nitrogen and oxygen atoms in total. The van der Waals surface area contributed by atoms with E-state index in [4.69, 9.17) is 11.6 Å². The normalized spacial score (nSPS) is 10.6. The quantitative estimate of drug-likeness (QED) is 0.915. The lowest BCUT2D eigenvalue weighted by molar-refractivity contribution is 0.690. The molecule has 0 saturated heterocycles. The number of aromatic nitrogens is 1. The first-order valence-electron chi connectivity index (χ1n) is 5.71. The van der Waals surface area contributed by atoms with Crippen molar-refractivity contribution >= 4 is 27.5 Å². The molecule has 0 unspecified atom stereocenters. The molecule has 0 amide bonds. The molecule has 0 bridgehead atoms. The number of nitrogens with zero attached hydrogens (tertiary/aromatic N) is 1. The van der Waals surface area contributed by atoms with Crippen LogP contribution in [-0.4, -0.2) is 4.98 Å². The maximum Gasteiger partial charge on any atom is 0.0462 e. The standard InChI is InChI=1S/C14H14BrClN2/c1-10-7-17-5-4-11(10)8-18-9-12-2-3-13(15)6-14(12)16/h2-7,18H,8-9H2,1H3. The molecular weight excluding hydrogens is 312 g/mol. The fourth-order valence-electron chi connectivity index (χ4n) is 1.70. The Labute approximate surface area is 121 Å². The number of benzene rings is 1. The van der Waals surface area contributed by atoms with Gasteiger partial charge in [0.15, 0.2) is 0 Å². The van der Waals surface area contributed by atoms with Gasteiger partial charge in [-0.3, -0.25) is 4.98 Å². The van der Waals surface area contributed by atoms with E-state index in [1.165, 1.54) is 11.1 Å². The highest BCUT2D eigenvalue weighted by Crippen LogP contribution is 2.21. The van der Waals surface area contributed by atoms with E-state index in [1.54, 1.807) is 0 Å². The van der Waals surface area contributed by atoms with Crippen LogP contribution in [0, 0.1) is 6.92 Å².